The molecule has 1 heterocycles. The van der Waals surface area contributed by atoms with Crippen molar-refractivity contribution in [2.75, 3.05) is 7.05 Å². The Bertz CT molecular complexity index is 691. The molecule has 8 heteroatoms. The minimum Gasteiger partial charge on any atom is -0.334 e. The normalized spacial score (nSPS) is 11.1. The highest BCUT2D eigenvalue weighted by Gasteiger charge is 2.18. The van der Waals surface area contributed by atoms with Gasteiger partial charge in [-0.2, -0.15) is 5.10 Å². The summed E-state index contributed by atoms with van der Waals surface area (Å²) in [5, 5.41) is 3.72. The third-order valence-corrected chi connectivity index (χ3v) is 3.42. The number of hydrogen-bond donors (Lipinski definition) is 0. The third-order valence-electron chi connectivity index (χ3n) is 3.42. The summed E-state index contributed by atoms with van der Waals surface area (Å²) in [6.07, 6.45) is -1.39. The Hall–Kier alpha value is -2.38. The van der Waals surface area contributed by atoms with E-state index >= 15 is 0 Å². The molecular weight excluding hydrogens is 309 g/mol. The average molecular weight is 326 g/mol. The van der Waals surface area contributed by atoms with Crippen molar-refractivity contribution in [3.8, 4) is 0 Å². The van der Waals surface area contributed by atoms with Gasteiger partial charge in [-0.1, -0.05) is 0 Å². The number of amides is 1. The topological polar surface area (TPSA) is 51.0 Å². The summed E-state index contributed by atoms with van der Waals surface area (Å²) in [7, 11) is 1.53. The number of halogens is 3. The quantitative estimate of drug-likeness (QED) is 0.848. The van der Waals surface area contributed by atoms with E-state index in [9.17, 15) is 18.0 Å². The summed E-state index contributed by atoms with van der Waals surface area (Å²) in [6, 6.07) is 2.93. The fourth-order valence-electron chi connectivity index (χ4n) is 2.27. The van der Waals surface area contributed by atoms with Crippen LogP contribution >= 0.6 is 0 Å². The predicted octanol–water partition coefficient (Wildman–Crippen LogP) is 2.57. The highest BCUT2D eigenvalue weighted by atomic mass is 19.3. The van der Waals surface area contributed by atoms with Gasteiger partial charge in [-0.25, -0.2) is 22.8 Å². The molecule has 23 heavy (non-hydrogen) atoms. The van der Waals surface area contributed by atoms with Crippen LogP contribution in [0.3, 0.4) is 0 Å². The Morgan fingerprint density at radius 1 is 1.30 bits per heavy atom. The Labute approximate surface area is 131 Å². The summed E-state index contributed by atoms with van der Waals surface area (Å²) in [4.78, 5) is 17.6. The highest BCUT2D eigenvalue weighted by Crippen LogP contribution is 2.16. The molecule has 0 fully saturated rings. The Morgan fingerprint density at radius 3 is 2.48 bits per heavy atom. The van der Waals surface area contributed by atoms with Crippen molar-refractivity contribution >= 4 is 5.91 Å². The fourth-order valence-corrected chi connectivity index (χ4v) is 2.27. The van der Waals surface area contributed by atoms with Crippen LogP contribution in [0.2, 0.25) is 0 Å². The second-order valence-electron chi connectivity index (χ2n) is 5.33. The van der Waals surface area contributed by atoms with Crippen molar-refractivity contribution in [2.45, 2.75) is 33.4 Å². The molecule has 0 N–H and O–H groups in total. The molecule has 2 aromatic rings. The van der Waals surface area contributed by atoms with E-state index in [4.69, 9.17) is 0 Å². The molecule has 0 saturated carbocycles. The maximum absolute atomic E-state index is 13.6. The van der Waals surface area contributed by atoms with Crippen molar-refractivity contribution in [1.82, 2.24) is 19.7 Å². The lowest BCUT2D eigenvalue weighted by atomic mass is 10.1. The zero-order valence-electron chi connectivity index (χ0n) is 13.1. The average Bonchev–Trinajstić information content (AvgIpc) is 2.89. The predicted molar refractivity (Wildman–Crippen MR) is 77.7 cm³/mol. The number of aryl methyl sites for hydroxylation is 2. The SMILES string of the molecule is Cc1cc(C(=O)N(C)Cc2ncnn2CC(F)F)cc(C)c1F. The molecule has 0 bridgehead atoms. The van der Waals surface area contributed by atoms with Gasteiger partial charge >= 0.3 is 0 Å². The van der Waals surface area contributed by atoms with E-state index < -0.39 is 13.0 Å². The maximum atomic E-state index is 13.6. The summed E-state index contributed by atoms with van der Waals surface area (Å²) in [5.41, 5.74) is 1.09. The van der Waals surface area contributed by atoms with E-state index in [-0.39, 0.29) is 24.1 Å². The Kier molecular flexibility index (Phi) is 5.02. The van der Waals surface area contributed by atoms with E-state index in [2.05, 4.69) is 10.1 Å². The van der Waals surface area contributed by atoms with Crippen molar-refractivity contribution in [1.29, 1.82) is 0 Å². The van der Waals surface area contributed by atoms with Crippen LogP contribution in [0.25, 0.3) is 0 Å². The van der Waals surface area contributed by atoms with E-state index in [1.807, 2.05) is 0 Å². The van der Waals surface area contributed by atoms with E-state index in [0.29, 0.717) is 16.7 Å². The van der Waals surface area contributed by atoms with E-state index in [1.165, 1.54) is 30.4 Å². The second kappa shape index (κ2) is 6.80. The van der Waals surface area contributed by atoms with Crippen LogP contribution in [0.1, 0.15) is 27.3 Å². The number of benzene rings is 1. The third kappa shape index (κ3) is 3.88. The van der Waals surface area contributed by atoms with Gasteiger partial charge in [0.25, 0.3) is 12.3 Å². The smallest absolute Gasteiger partial charge is 0.257 e. The summed E-state index contributed by atoms with van der Waals surface area (Å²) >= 11 is 0. The monoisotopic (exact) mass is 326 g/mol. The van der Waals surface area contributed by atoms with Gasteiger partial charge in [-0.05, 0) is 37.1 Å². The van der Waals surface area contributed by atoms with Crippen molar-refractivity contribution in [3.63, 3.8) is 0 Å². The van der Waals surface area contributed by atoms with E-state index in [0.717, 1.165) is 4.68 Å². The first kappa shape index (κ1) is 17.0. The van der Waals surface area contributed by atoms with Crippen LogP contribution in [0, 0.1) is 19.7 Å². The number of nitrogens with zero attached hydrogens (tertiary/aromatic N) is 4. The maximum Gasteiger partial charge on any atom is 0.257 e. The van der Waals surface area contributed by atoms with Gasteiger partial charge in [-0.15, -0.1) is 0 Å². The minimum atomic E-state index is -2.56. The van der Waals surface area contributed by atoms with Gasteiger partial charge < -0.3 is 4.90 Å². The van der Waals surface area contributed by atoms with Crippen LogP contribution in [-0.2, 0) is 13.1 Å². The molecule has 1 aromatic heterocycles. The Morgan fingerprint density at radius 2 is 1.91 bits per heavy atom. The second-order valence-corrected chi connectivity index (χ2v) is 5.33. The first-order valence-corrected chi connectivity index (χ1v) is 6.96. The lowest BCUT2D eigenvalue weighted by Gasteiger charge is -2.18. The fraction of sp³-hybridized carbons (Fsp3) is 0.400. The van der Waals surface area contributed by atoms with Crippen LogP contribution < -0.4 is 0 Å². The molecule has 1 aromatic carbocycles. The number of carbonyl (C=O) groups is 1. The van der Waals surface area contributed by atoms with Crippen molar-refractivity contribution in [2.24, 2.45) is 0 Å². The number of carbonyl (C=O) groups excluding carboxylic acids is 1. The first-order valence-electron chi connectivity index (χ1n) is 6.96. The van der Waals surface area contributed by atoms with Gasteiger partial charge in [0.05, 0.1) is 6.54 Å². The standard InChI is InChI=1S/C15H17F3N4O/c1-9-4-11(5-10(2)14(9)18)15(23)21(3)7-13-19-8-20-22(13)6-12(16)17/h4-5,8,12H,6-7H2,1-3H3. The minimum absolute atomic E-state index is 0.0288. The summed E-state index contributed by atoms with van der Waals surface area (Å²) in [5.74, 6) is -0.430. The largest absolute Gasteiger partial charge is 0.334 e. The molecule has 0 saturated heterocycles. The zero-order chi connectivity index (χ0) is 17.1. The Balaban J connectivity index is 2.16. The molecule has 2 rings (SSSR count). The lowest BCUT2D eigenvalue weighted by Crippen LogP contribution is -2.28. The molecule has 1 amide bonds. The number of aromatic nitrogens is 3. The number of rotatable bonds is 5. The molecule has 0 unspecified atom stereocenters. The van der Waals surface area contributed by atoms with Crippen LogP contribution in [0.5, 0.6) is 0 Å². The lowest BCUT2D eigenvalue weighted by molar-refractivity contribution is 0.0775. The van der Waals surface area contributed by atoms with Gasteiger partial charge in [0.2, 0.25) is 0 Å². The first-order chi connectivity index (χ1) is 10.8. The molecule has 0 spiro atoms. The number of alkyl halides is 2. The van der Waals surface area contributed by atoms with Gasteiger partial charge in [0.1, 0.15) is 24.5 Å². The van der Waals surface area contributed by atoms with Gasteiger partial charge in [0.15, 0.2) is 0 Å². The van der Waals surface area contributed by atoms with Crippen LogP contribution in [-0.4, -0.2) is 39.0 Å². The summed E-state index contributed by atoms with van der Waals surface area (Å²) in [6.45, 7) is 2.61. The number of hydrogen-bond acceptors (Lipinski definition) is 3. The highest BCUT2D eigenvalue weighted by molar-refractivity contribution is 5.94. The molecule has 5 nitrogen and oxygen atoms in total. The molecule has 0 aliphatic rings. The molecule has 0 aliphatic carbocycles. The molecule has 0 radical (unpaired) electrons. The molecule has 124 valence electrons. The van der Waals surface area contributed by atoms with Gasteiger partial charge in [-0.3, -0.25) is 4.79 Å². The molecular formula is C15H17F3N4O. The molecule has 0 aliphatic heterocycles. The van der Waals surface area contributed by atoms with Crippen LogP contribution in [0.4, 0.5) is 13.2 Å². The van der Waals surface area contributed by atoms with Crippen LogP contribution in [0.15, 0.2) is 18.5 Å². The van der Waals surface area contributed by atoms with Crippen molar-refractivity contribution < 1.29 is 18.0 Å². The zero-order valence-corrected chi connectivity index (χ0v) is 13.1. The van der Waals surface area contributed by atoms with E-state index in [1.54, 1.807) is 13.8 Å². The molecule has 0 atom stereocenters. The summed E-state index contributed by atoms with van der Waals surface area (Å²) < 4.78 is 39.6. The van der Waals surface area contributed by atoms with Crippen molar-refractivity contribution in [3.05, 3.63) is 46.8 Å². The van der Waals surface area contributed by atoms with Gasteiger partial charge in [0, 0.05) is 12.6 Å².